The molecule has 0 fully saturated rings. The van der Waals surface area contributed by atoms with Gasteiger partial charge in [0.1, 0.15) is 13.2 Å². The predicted octanol–water partition coefficient (Wildman–Crippen LogP) is 22.9. The number of allylic oxidation sites excluding steroid dienone is 13. The number of hydrogen-bond donors (Lipinski definition) is 2. The van der Waals surface area contributed by atoms with Gasteiger partial charge in [0.25, 0.3) is 7.82 Å². The first kappa shape index (κ1) is 82.7. The van der Waals surface area contributed by atoms with Crippen LogP contribution in [0.2, 0.25) is 0 Å². The summed E-state index contributed by atoms with van der Waals surface area (Å²) in [5, 5.41) is 13.9. The molecule has 496 valence electrons. The van der Waals surface area contributed by atoms with Gasteiger partial charge >= 0.3 is 0 Å². The number of quaternary nitrogens is 1. The molecule has 0 saturated heterocycles. The third kappa shape index (κ3) is 69.0. The highest BCUT2D eigenvalue weighted by Gasteiger charge is 2.23. The van der Waals surface area contributed by atoms with Gasteiger partial charge in [0, 0.05) is 6.42 Å². The van der Waals surface area contributed by atoms with Crippen molar-refractivity contribution in [1.29, 1.82) is 0 Å². The van der Waals surface area contributed by atoms with E-state index in [0.717, 1.165) is 70.6 Å². The van der Waals surface area contributed by atoms with E-state index < -0.39 is 26.6 Å². The zero-order chi connectivity index (χ0) is 61.9. The Labute approximate surface area is 528 Å². The van der Waals surface area contributed by atoms with Gasteiger partial charge < -0.3 is 28.8 Å². The Bertz CT molecular complexity index is 1660. The lowest BCUT2D eigenvalue weighted by Crippen LogP contribution is -2.45. The molecule has 3 atom stereocenters. The van der Waals surface area contributed by atoms with Crippen molar-refractivity contribution in [1.82, 2.24) is 5.32 Å². The number of carbonyl (C=O) groups excluding carboxylic acids is 1. The van der Waals surface area contributed by atoms with Crippen LogP contribution in [-0.2, 0) is 18.4 Å². The van der Waals surface area contributed by atoms with Gasteiger partial charge in [-0.3, -0.25) is 9.36 Å². The quantitative estimate of drug-likeness (QED) is 0.0272. The van der Waals surface area contributed by atoms with Crippen molar-refractivity contribution in [2.45, 2.75) is 353 Å². The lowest BCUT2D eigenvalue weighted by molar-refractivity contribution is -0.870. The SMILES string of the molecule is CC/C=C\C/C=C\C/C=C\C/C=C\CCCCCCCCCCCCCCCCCCCCCCCCCCCCC(=O)NC(COP(=O)([O-])OCC[N+](C)(C)C)C(O)/C=C/CC/C=C/CC/C=C/CCCCCCCCCCCCCCCC. The van der Waals surface area contributed by atoms with Crippen LogP contribution in [0, 0.1) is 0 Å². The Morgan fingerprint density at radius 2 is 0.729 bits per heavy atom. The highest BCUT2D eigenvalue weighted by Crippen LogP contribution is 2.38. The zero-order valence-electron chi connectivity index (χ0n) is 56.8. The summed E-state index contributed by atoms with van der Waals surface area (Å²) >= 11 is 0. The lowest BCUT2D eigenvalue weighted by atomic mass is 10.0. The van der Waals surface area contributed by atoms with E-state index in [0.29, 0.717) is 17.4 Å². The fraction of sp³-hybridized carbons (Fsp3) is 0.803. The Balaban J connectivity index is 4.00. The van der Waals surface area contributed by atoms with Crippen LogP contribution in [0.3, 0.4) is 0 Å². The number of nitrogens with one attached hydrogen (secondary N) is 1. The largest absolute Gasteiger partial charge is 0.756 e. The molecule has 1 amide bonds. The van der Waals surface area contributed by atoms with Gasteiger partial charge in [-0.15, -0.1) is 0 Å². The zero-order valence-corrected chi connectivity index (χ0v) is 57.7. The molecular formula is C76H141N2O6P. The van der Waals surface area contributed by atoms with Gasteiger partial charge in [-0.1, -0.05) is 336 Å². The normalized spacial score (nSPS) is 14.1. The maximum Gasteiger partial charge on any atom is 0.268 e. The molecule has 0 aliphatic carbocycles. The summed E-state index contributed by atoms with van der Waals surface area (Å²) in [6.45, 7) is 4.55. The number of hydrogen-bond acceptors (Lipinski definition) is 6. The van der Waals surface area contributed by atoms with Crippen LogP contribution in [-0.4, -0.2) is 68.5 Å². The van der Waals surface area contributed by atoms with Crippen molar-refractivity contribution in [3.63, 3.8) is 0 Å². The van der Waals surface area contributed by atoms with Crippen molar-refractivity contribution >= 4 is 13.7 Å². The molecule has 0 aromatic rings. The molecule has 9 heteroatoms. The lowest BCUT2D eigenvalue weighted by Gasteiger charge is -2.29. The summed E-state index contributed by atoms with van der Waals surface area (Å²) in [4.78, 5) is 25.6. The van der Waals surface area contributed by atoms with Gasteiger partial charge in [0.2, 0.25) is 5.91 Å². The summed E-state index contributed by atoms with van der Waals surface area (Å²) in [5.41, 5.74) is 0. The highest BCUT2D eigenvalue weighted by atomic mass is 31.2. The topological polar surface area (TPSA) is 108 Å². The van der Waals surface area contributed by atoms with Crippen molar-refractivity contribution in [2.75, 3.05) is 40.9 Å². The summed E-state index contributed by atoms with van der Waals surface area (Å²) in [6.07, 6.45) is 94.5. The van der Waals surface area contributed by atoms with E-state index in [1.165, 1.54) is 250 Å². The number of aliphatic hydroxyl groups excluding tert-OH is 1. The van der Waals surface area contributed by atoms with Gasteiger partial charge in [0.05, 0.1) is 39.9 Å². The summed E-state index contributed by atoms with van der Waals surface area (Å²) in [5.74, 6) is -0.206. The summed E-state index contributed by atoms with van der Waals surface area (Å²) in [6, 6.07) is -0.913. The molecule has 0 aliphatic heterocycles. The van der Waals surface area contributed by atoms with Crippen LogP contribution in [0.15, 0.2) is 85.1 Å². The molecule has 8 nitrogen and oxygen atoms in total. The smallest absolute Gasteiger partial charge is 0.268 e. The summed E-state index contributed by atoms with van der Waals surface area (Å²) in [7, 11) is 1.24. The van der Waals surface area contributed by atoms with Crippen LogP contribution in [0.4, 0.5) is 0 Å². The third-order valence-corrected chi connectivity index (χ3v) is 17.3. The number of unbranched alkanes of at least 4 members (excludes halogenated alkanes) is 42. The first-order valence-corrected chi connectivity index (χ1v) is 37.9. The minimum atomic E-state index is -4.62. The second kappa shape index (κ2) is 66.1. The number of phosphoric acid groups is 1. The van der Waals surface area contributed by atoms with Crippen LogP contribution in [0.1, 0.15) is 341 Å². The van der Waals surface area contributed by atoms with E-state index in [9.17, 15) is 19.4 Å². The maximum absolute atomic E-state index is 13.0. The molecule has 85 heavy (non-hydrogen) atoms. The minimum Gasteiger partial charge on any atom is -0.756 e. The molecule has 3 unspecified atom stereocenters. The van der Waals surface area contributed by atoms with E-state index in [2.05, 4.69) is 92.1 Å². The summed E-state index contributed by atoms with van der Waals surface area (Å²) < 4.78 is 23.4. The third-order valence-electron chi connectivity index (χ3n) is 16.3. The standard InChI is InChI=1S/C76H141N2O6P/c1-6-8-10-12-14-16-18-20-22-24-26-28-30-32-33-34-35-36-37-38-39-40-41-42-43-44-45-46-48-50-52-54-56-58-60-62-64-66-68-70-76(80)77-74(73-84-85(81,82)83-72-71-78(3,4)5)75(79)69-67-65-63-61-59-57-55-53-51-49-47-31-29-27-25-23-21-19-17-15-13-11-9-7-2/h8,10,14,16,20,22,26,28,51,53,59,61,67,69,74-75,79H,6-7,9,11-13,15,17-19,21,23-25,27,29-50,52,54-58,60,62-66,68,70-73H2,1-5H3,(H-,77,80,81,82)/b10-8-,16-14-,22-20-,28-26-,53-51+,61-59+,69-67+. The first-order valence-electron chi connectivity index (χ1n) is 36.4. The van der Waals surface area contributed by atoms with Crippen molar-refractivity contribution in [2.24, 2.45) is 0 Å². The van der Waals surface area contributed by atoms with Crippen molar-refractivity contribution < 1.29 is 32.9 Å². The molecule has 0 spiro atoms. The van der Waals surface area contributed by atoms with E-state index >= 15 is 0 Å². The average molecular weight is 1210 g/mol. The molecule has 0 aliphatic rings. The first-order chi connectivity index (χ1) is 41.5. The maximum atomic E-state index is 13.0. The van der Waals surface area contributed by atoms with E-state index in [4.69, 9.17) is 9.05 Å². The fourth-order valence-electron chi connectivity index (χ4n) is 10.7. The number of aliphatic hydroxyl groups is 1. The monoisotopic (exact) mass is 1210 g/mol. The van der Waals surface area contributed by atoms with E-state index in [1.807, 2.05) is 27.2 Å². The molecule has 0 saturated carbocycles. The Morgan fingerprint density at radius 1 is 0.424 bits per heavy atom. The molecule has 0 aromatic heterocycles. The number of rotatable bonds is 67. The van der Waals surface area contributed by atoms with E-state index in [-0.39, 0.29) is 12.5 Å². The number of phosphoric ester groups is 1. The van der Waals surface area contributed by atoms with Crippen LogP contribution in [0.25, 0.3) is 0 Å². The van der Waals surface area contributed by atoms with Gasteiger partial charge in [-0.2, -0.15) is 0 Å². The molecule has 0 bridgehead atoms. The minimum absolute atomic E-state index is 0.00936. The van der Waals surface area contributed by atoms with Crippen LogP contribution >= 0.6 is 7.82 Å². The van der Waals surface area contributed by atoms with Gasteiger partial charge in [-0.05, 0) is 83.5 Å². The van der Waals surface area contributed by atoms with Crippen LogP contribution < -0.4 is 10.2 Å². The Morgan fingerprint density at radius 3 is 1.09 bits per heavy atom. The molecule has 0 rings (SSSR count). The number of likely N-dealkylation sites (N-methyl/N-ethyl adjacent to an activating group) is 1. The fourth-order valence-corrected chi connectivity index (χ4v) is 11.4. The molecule has 0 aromatic carbocycles. The Hall–Kier alpha value is -2.32. The Kier molecular flexibility index (Phi) is 64.3. The van der Waals surface area contributed by atoms with Crippen molar-refractivity contribution in [3.8, 4) is 0 Å². The highest BCUT2D eigenvalue weighted by molar-refractivity contribution is 7.45. The number of amides is 1. The second-order valence-electron chi connectivity index (χ2n) is 25.9. The van der Waals surface area contributed by atoms with Gasteiger partial charge in [0.15, 0.2) is 0 Å². The van der Waals surface area contributed by atoms with Crippen molar-refractivity contribution in [3.05, 3.63) is 85.1 Å². The molecule has 2 N–H and O–H groups in total. The van der Waals surface area contributed by atoms with Gasteiger partial charge in [-0.25, -0.2) is 0 Å². The molecule has 0 radical (unpaired) electrons. The average Bonchev–Trinajstić information content (AvgIpc) is 3.49. The molecule has 0 heterocycles. The van der Waals surface area contributed by atoms with Crippen LogP contribution in [0.5, 0.6) is 0 Å². The molecular weight excluding hydrogens is 1070 g/mol. The number of carbonyl (C=O) groups is 1. The number of nitrogens with zero attached hydrogens (tertiary/aromatic N) is 1. The second-order valence-corrected chi connectivity index (χ2v) is 27.3. The van der Waals surface area contributed by atoms with E-state index in [1.54, 1.807) is 6.08 Å². The predicted molar refractivity (Wildman–Crippen MR) is 371 cm³/mol.